The van der Waals surface area contributed by atoms with Crippen LogP contribution < -0.4 is 5.82 Å². The molecule has 0 aliphatic carbocycles. The topological polar surface area (TPSA) is 251 Å². The van der Waals surface area contributed by atoms with E-state index in [1.165, 1.54) is 76.8 Å². The molecule has 1 aromatic heterocycles. The van der Waals surface area contributed by atoms with Crippen molar-refractivity contribution in [3.8, 4) is 0 Å². The Bertz CT molecular complexity index is 4520. The van der Waals surface area contributed by atoms with Crippen LogP contribution in [-0.2, 0) is 111 Å². The van der Waals surface area contributed by atoms with Crippen LogP contribution in [0.15, 0.2) is 244 Å². The number of ether oxygens (including phenoxy) is 4. The van der Waals surface area contributed by atoms with Crippen LogP contribution in [0.3, 0.4) is 0 Å². The Morgan fingerprint density at radius 1 is 0.400 bits per heavy atom. The Morgan fingerprint density at radius 2 is 0.703 bits per heavy atom. The van der Waals surface area contributed by atoms with E-state index in [1.807, 2.05) is 259 Å². The summed E-state index contributed by atoms with van der Waals surface area (Å²) in [6.45, 7) is 77.2. The molecule has 9 rings (SSSR count). The van der Waals surface area contributed by atoms with E-state index >= 15 is 0 Å². The number of carbonyl (C=O) groups is 9. The van der Waals surface area contributed by atoms with E-state index < -0.39 is 11.8 Å². The Hall–Kier alpha value is -10.6. The zero-order chi connectivity index (χ0) is 112. The zero-order valence-corrected chi connectivity index (χ0v) is 99.7. The smallest absolute Gasteiger partial charge is 0.541 e. The number of allylic oxidation sites excluding steroid dienone is 3. The summed E-state index contributed by atoms with van der Waals surface area (Å²) < 4.78 is 30.9. The first kappa shape index (κ1) is 152. The molecule has 1 unspecified atom stereocenters. The van der Waals surface area contributed by atoms with Crippen molar-refractivity contribution in [3.05, 3.63) is 309 Å². The fourth-order valence-corrected chi connectivity index (χ4v) is 11.0. The van der Waals surface area contributed by atoms with E-state index in [4.69, 9.17) is 27.8 Å². The van der Waals surface area contributed by atoms with Gasteiger partial charge in [-0.05, 0) is 93.0 Å². The molecule has 145 heavy (non-hydrogen) atoms. The minimum absolute atomic E-state index is 0. The Morgan fingerprint density at radius 3 is 1.01 bits per heavy atom. The molecule has 0 amide bonds. The average Bonchev–Trinajstić information content (AvgIpc) is 1.69. The maximum Gasteiger partial charge on any atom is 2.00 e. The van der Waals surface area contributed by atoms with E-state index in [9.17, 15) is 52.7 Å². The summed E-state index contributed by atoms with van der Waals surface area (Å²) >= 11 is 0. The number of unbranched alkanes of at least 4 members (excludes halogenated alkanes) is 1. The van der Waals surface area contributed by atoms with Crippen LogP contribution in [-0.4, -0.2) is 58.5 Å². The minimum Gasteiger partial charge on any atom is -0.541 e. The van der Waals surface area contributed by atoms with Crippen molar-refractivity contribution >= 4 is 58.5 Å². The SMILES string of the molecule is C=C(C)OC(C)c1cc(C)[c-]c(C)c1.C=C1OC(CC)=C(Cc2ccccc2)O1.CC.CC(=O)CCC(=O)Cc1ccccc1.CC(=O)OCc1oc(=O)oc1Cc1ccccc1.CC(C)(C)[C-]=O.CC(C)CC(=O)Cc1ccccc1.CC(C)CC(=O)c1ccccc1.CC(C)CC(=O)c1ccccc1.CCC.CCC.CCC.CCC.CCC.CCCC.CCCC(=O)CC(C)C.CCCC(=O)CCC(C)=O.[W+2]. The molecule has 0 N–H and O–H groups in total. The number of ketones is 8. The van der Waals surface area contributed by atoms with Gasteiger partial charge in [-0.1, -0.05) is 441 Å². The minimum atomic E-state index is -0.789. The molecule has 0 fully saturated rings. The van der Waals surface area contributed by atoms with Crippen molar-refractivity contribution in [2.45, 2.75) is 409 Å². The molecule has 7 aromatic carbocycles. The summed E-state index contributed by atoms with van der Waals surface area (Å²) in [7, 11) is 0. The van der Waals surface area contributed by atoms with E-state index in [-0.39, 0.29) is 79.7 Å². The normalized spacial score (nSPS) is 10.2. The molecule has 0 saturated carbocycles. The predicted molar refractivity (Wildman–Crippen MR) is 606 cm³/mol. The first-order valence-electron chi connectivity index (χ1n) is 52.7. The number of Topliss-reactive ketones (excluding diaryl/α,β-unsaturated/α-hetero) is 8. The van der Waals surface area contributed by atoms with Crippen molar-refractivity contribution in [1.29, 1.82) is 0 Å². The maximum absolute atomic E-state index is 11.5. The fraction of sp³-hybridized carbons (Fsp3) is 0.520. The number of benzene rings is 7. The van der Waals surface area contributed by atoms with Crippen LogP contribution in [0.25, 0.3) is 0 Å². The second-order valence-electron chi connectivity index (χ2n) is 37.2. The summed E-state index contributed by atoms with van der Waals surface area (Å²) in [6.07, 6.45) is 21.4. The second kappa shape index (κ2) is 103. The van der Waals surface area contributed by atoms with E-state index in [1.54, 1.807) is 0 Å². The van der Waals surface area contributed by atoms with Gasteiger partial charge in [0.2, 0.25) is 0 Å². The Balaban J connectivity index is -0.000000199. The molecule has 8 aromatic rings. The van der Waals surface area contributed by atoms with Crippen molar-refractivity contribution < 1.29 is 96.8 Å². The van der Waals surface area contributed by atoms with Gasteiger partial charge < -0.3 is 42.2 Å². The van der Waals surface area contributed by atoms with Gasteiger partial charge in [0.1, 0.15) is 40.5 Å². The standard InChI is InChI=1S/C13H12O5.C13H14O2.C13H17O.C12H14O2.C12H16O.2C11H14O.C8H14O2.C8H16O.C5H9O.C4H10.5C3H8.C2H6.W/c1-9(14)16-8-12-11(17-13(15)18-12)7-10-5-3-2-4-6-10;1-3-12-13(15-10(2)14-12)9-11-7-5-4-6-8-11;1-9(2)14-12(5)13-7-10(3)6-11(4)8-13;1-10(13)7-8-12(14)9-11-5-3-2-4-6-11;1-10(2)8-12(13)9-11-6-4-3-5-7-11;2*1-9(2)8-11(12)10-6-4-3-5-7-10;1-3-4-8(10)6-5-7(2)9;1-4-5-8(9)6-7(2)3;1-5(2,3)4-6;1-3-4-2;5*1-3-2;1-2;/h2-6H,7-8H2,1H3;4-8H,2-3,9H2,1H3;7-8,12H,1H2,2-5H3;2-6H,7-9H2,1H3;3-7,10H,8-9H2,1-2H3;2*3-7,9H,8H2,1-2H3;3-6H2,1-2H3;7H,4-6H2,1-3H3;1-3H3;3-4H2,1-2H3;5*3H2,1-2H3;1-2H3;/q;;-1;;;;;;;-1;;;;;;;;+2. The van der Waals surface area contributed by atoms with Gasteiger partial charge in [-0.3, -0.25) is 39.8 Å². The van der Waals surface area contributed by atoms with Crippen LogP contribution in [0.2, 0.25) is 0 Å². The van der Waals surface area contributed by atoms with Crippen molar-refractivity contribution in [1.82, 2.24) is 0 Å². The number of aryl methyl sites for hydroxylation is 2. The third-order valence-electron chi connectivity index (χ3n) is 17.2. The van der Waals surface area contributed by atoms with Gasteiger partial charge >= 0.3 is 32.9 Å². The van der Waals surface area contributed by atoms with Gasteiger partial charge in [-0.15, -0.1) is 11.0 Å². The molecular weight excluding hydrogens is 1980 g/mol. The van der Waals surface area contributed by atoms with Crippen LogP contribution in [0.4, 0.5) is 0 Å². The maximum atomic E-state index is 11.5. The van der Waals surface area contributed by atoms with Crippen LogP contribution in [0.5, 0.6) is 0 Å². The predicted octanol–water partition coefficient (Wildman–Crippen LogP) is 35.0. The molecule has 1 aliphatic rings. The molecule has 0 radical (unpaired) electrons. The molecule has 17 nitrogen and oxygen atoms in total. The summed E-state index contributed by atoms with van der Waals surface area (Å²) in [4.78, 5) is 120. The van der Waals surface area contributed by atoms with Gasteiger partial charge in [0, 0.05) is 114 Å². The number of rotatable bonds is 35. The van der Waals surface area contributed by atoms with E-state index in [2.05, 4.69) is 182 Å². The van der Waals surface area contributed by atoms with Gasteiger partial charge in [-0.2, -0.15) is 29.3 Å². The molecule has 18 heteroatoms. The monoisotopic (exact) mass is 2180 g/mol. The number of esters is 1. The van der Waals surface area contributed by atoms with Gasteiger partial charge in [-0.25, -0.2) is 4.79 Å². The average molecular weight is 2180 g/mol. The molecule has 0 bridgehead atoms. The van der Waals surface area contributed by atoms with Crippen LogP contribution in [0.1, 0.15) is 434 Å². The molecule has 2 heterocycles. The summed E-state index contributed by atoms with van der Waals surface area (Å²) in [5.74, 6) is 5.94. The molecular formula is C127H196O17W. The molecule has 0 saturated heterocycles. The number of hydrogen-bond acceptors (Lipinski definition) is 17. The third kappa shape index (κ3) is 105. The summed E-state index contributed by atoms with van der Waals surface area (Å²) in [5.41, 5.74) is 9.20. The van der Waals surface area contributed by atoms with Crippen molar-refractivity contribution in [2.75, 3.05) is 0 Å². The van der Waals surface area contributed by atoms with Crippen molar-refractivity contribution in [3.63, 3.8) is 0 Å². The molecule has 812 valence electrons. The number of hydrogen-bond donors (Lipinski definition) is 0. The van der Waals surface area contributed by atoms with Gasteiger partial charge in [0.05, 0.1) is 11.9 Å². The quantitative estimate of drug-likeness (QED) is 0.0155. The zero-order valence-electron chi connectivity index (χ0n) is 96.8. The van der Waals surface area contributed by atoms with E-state index in [0.29, 0.717) is 118 Å². The second-order valence-corrected chi connectivity index (χ2v) is 37.2. The van der Waals surface area contributed by atoms with Crippen LogP contribution in [0, 0.1) is 49.0 Å². The summed E-state index contributed by atoms with van der Waals surface area (Å²) in [5, 5.41) is 0. The first-order chi connectivity index (χ1) is 68.1. The largest absolute Gasteiger partial charge is 2.00 e. The van der Waals surface area contributed by atoms with Crippen LogP contribution >= 0.6 is 0 Å². The molecule has 0 spiro atoms. The Labute approximate surface area is 896 Å². The van der Waals surface area contributed by atoms with E-state index in [0.717, 1.165) is 94.7 Å². The van der Waals surface area contributed by atoms with Gasteiger partial charge in [0.25, 0.3) is 5.95 Å². The Kier molecular flexibility index (Phi) is 108. The summed E-state index contributed by atoms with van der Waals surface area (Å²) in [6, 6.07) is 65.5. The molecule has 1 atom stereocenters. The third-order valence-corrected chi connectivity index (χ3v) is 17.2. The molecule has 1 aliphatic heterocycles. The number of carbonyl (C=O) groups excluding carboxylic acids is 10. The van der Waals surface area contributed by atoms with Crippen molar-refractivity contribution in [2.24, 2.45) is 29.1 Å². The first-order valence-corrected chi connectivity index (χ1v) is 52.7. The fourth-order valence-electron chi connectivity index (χ4n) is 11.0. The van der Waals surface area contributed by atoms with Gasteiger partial charge in [0.15, 0.2) is 35.5 Å².